The highest BCUT2D eigenvalue weighted by molar-refractivity contribution is 8.15. The molecule has 1 fully saturated rings. The maximum absolute atomic E-state index is 11.9. The largest absolute Gasteiger partial charge is 0.494 e. The Balaban J connectivity index is 1.88. The normalized spacial score (nSPS) is 18.0. The van der Waals surface area contributed by atoms with Crippen LogP contribution in [0.25, 0.3) is 0 Å². The smallest absolute Gasteiger partial charge is 0.305 e. The van der Waals surface area contributed by atoms with E-state index in [4.69, 9.17) is 9.84 Å². The van der Waals surface area contributed by atoms with Gasteiger partial charge in [-0.1, -0.05) is 11.8 Å². The number of ether oxygens (including phenoxy) is 1. The van der Waals surface area contributed by atoms with Gasteiger partial charge in [0.15, 0.2) is 5.17 Å². The standard InChI is InChI=1S/C16H19N3O5S/c1-2-24-11-5-3-10(4-6-11)18-16-19-15(23)12(25-16)9-13(20)17-8-7-14(21)22/h3-6,12H,2,7-9H2,1H3,(H,17,20)(H,21,22)(H,18,19,23). The predicted octanol–water partition coefficient (Wildman–Crippen LogP) is 1.29. The molecule has 1 saturated heterocycles. The van der Waals surface area contributed by atoms with Crippen LogP contribution in [-0.2, 0) is 14.4 Å². The first kappa shape index (κ1) is 18.8. The van der Waals surface area contributed by atoms with Crippen LogP contribution < -0.4 is 15.4 Å². The zero-order chi connectivity index (χ0) is 18.2. The van der Waals surface area contributed by atoms with E-state index in [9.17, 15) is 14.4 Å². The molecule has 134 valence electrons. The third-order valence-corrected chi connectivity index (χ3v) is 4.27. The third-order valence-electron chi connectivity index (χ3n) is 3.19. The van der Waals surface area contributed by atoms with Gasteiger partial charge in [0.05, 0.1) is 18.7 Å². The summed E-state index contributed by atoms with van der Waals surface area (Å²) in [6.07, 6.45) is -0.182. The SMILES string of the molecule is CCOc1ccc(N=C2NC(=O)C(CC(=O)NCCC(=O)O)S2)cc1. The monoisotopic (exact) mass is 365 g/mol. The lowest BCUT2D eigenvalue weighted by Gasteiger charge is -2.06. The van der Waals surface area contributed by atoms with Crippen molar-refractivity contribution in [1.82, 2.24) is 10.6 Å². The van der Waals surface area contributed by atoms with Gasteiger partial charge in [-0.2, -0.15) is 0 Å². The van der Waals surface area contributed by atoms with Gasteiger partial charge in [-0.25, -0.2) is 4.99 Å². The number of hydrogen-bond acceptors (Lipinski definition) is 6. The maximum Gasteiger partial charge on any atom is 0.305 e. The van der Waals surface area contributed by atoms with Crippen LogP contribution in [0.5, 0.6) is 5.75 Å². The minimum atomic E-state index is -0.988. The Kier molecular flexibility index (Phi) is 6.81. The summed E-state index contributed by atoms with van der Waals surface area (Å²) >= 11 is 1.18. The summed E-state index contributed by atoms with van der Waals surface area (Å²) in [5, 5.41) is 13.5. The number of thioether (sulfide) groups is 1. The van der Waals surface area contributed by atoms with Crippen molar-refractivity contribution < 1.29 is 24.2 Å². The van der Waals surface area contributed by atoms with E-state index >= 15 is 0 Å². The highest BCUT2D eigenvalue weighted by Gasteiger charge is 2.32. The molecule has 1 aromatic carbocycles. The number of hydrogen-bond donors (Lipinski definition) is 3. The second-order valence-electron chi connectivity index (χ2n) is 5.14. The lowest BCUT2D eigenvalue weighted by molar-refractivity contribution is -0.137. The Hall–Kier alpha value is -2.55. The molecule has 0 aromatic heterocycles. The summed E-state index contributed by atoms with van der Waals surface area (Å²) in [6.45, 7) is 2.52. The lowest BCUT2D eigenvalue weighted by Crippen LogP contribution is -2.32. The molecule has 25 heavy (non-hydrogen) atoms. The Morgan fingerprint density at radius 1 is 1.36 bits per heavy atom. The fourth-order valence-electron chi connectivity index (χ4n) is 2.04. The van der Waals surface area contributed by atoms with Crippen LogP contribution in [-0.4, -0.2) is 46.5 Å². The van der Waals surface area contributed by atoms with Gasteiger partial charge in [0.2, 0.25) is 11.8 Å². The van der Waals surface area contributed by atoms with E-state index in [0.717, 1.165) is 5.75 Å². The van der Waals surface area contributed by atoms with Gasteiger partial charge in [-0.15, -0.1) is 0 Å². The molecule has 2 amide bonds. The number of carboxylic acid groups (broad SMARTS) is 1. The van der Waals surface area contributed by atoms with Crippen LogP contribution in [0.1, 0.15) is 19.8 Å². The summed E-state index contributed by atoms with van der Waals surface area (Å²) in [5.74, 6) is -0.900. The van der Waals surface area contributed by atoms with Crippen molar-refractivity contribution in [3.63, 3.8) is 0 Å². The molecule has 1 unspecified atom stereocenters. The second kappa shape index (κ2) is 9.07. The number of carbonyl (C=O) groups excluding carboxylic acids is 2. The van der Waals surface area contributed by atoms with Crippen molar-refractivity contribution >= 4 is 40.4 Å². The fourth-order valence-corrected chi connectivity index (χ4v) is 3.03. The van der Waals surface area contributed by atoms with Crippen LogP contribution in [0.3, 0.4) is 0 Å². The number of carboxylic acids is 1. The molecule has 0 saturated carbocycles. The van der Waals surface area contributed by atoms with Gasteiger partial charge in [-0.05, 0) is 31.2 Å². The van der Waals surface area contributed by atoms with Crippen molar-refractivity contribution in [3.05, 3.63) is 24.3 Å². The molecule has 0 radical (unpaired) electrons. The number of nitrogens with one attached hydrogen (secondary N) is 2. The molecule has 1 aromatic rings. The van der Waals surface area contributed by atoms with Crippen molar-refractivity contribution in [3.8, 4) is 5.75 Å². The van der Waals surface area contributed by atoms with E-state index in [1.54, 1.807) is 24.3 Å². The van der Waals surface area contributed by atoms with Gasteiger partial charge in [0, 0.05) is 13.0 Å². The van der Waals surface area contributed by atoms with Crippen LogP contribution in [0.4, 0.5) is 5.69 Å². The minimum Gasteiger partial charge on any atom is -0.494 e. The lowest BCUT2D eigenvalue weighted by atomic mass is 10.2. The minimum absolute atomic E-state index is 0.0293. The number of nitrogens with zero attached hydrogens (tertiary/aromatic N) is 1. The number of benzene rings is 1. The van der Waals surface area contributed by atoms with Crippen molar-refractivity contribution in [2.45, 2.75) is 25.0 Å². The van der Waals surface area contributed by atoms with Crippen molar-refractivity contribution in [2.24, 2.45) is 4.99 Å². The Morgan fingerprint density at radius 2 is 2.08 bits per heavy atom. The quantitative estimate of drug-likeness (QED) is 0.639. The Labute approximate surface area is 149 Å². The average molecular weight is 365 g/mol. The molecule has 1 atom stereocenters. The third kappa shape index (κ3) is 6.11. The van der Waals surface area contributed by atoms with Gasteiger partial charge in [0.1, 0.15) is 11.0 Å². The van der Waals surface area contributed by atoms with Gasteiger partial charge >= 0.3 is 5.97 Å². The molecule has 9 heteroatoms. The number of aliphatic imine (C=N–C) groups is 1. The number of rotatable bonds is 8. The number of carbonyl (C=O) groups is 3. The topological polar surface area (TPSA) is 117 Å². The summed E-state index contributed by atoms with van der Waals surface area (Å²) < 4.78 is 5.35. The summed E-state index contributed by atoms with van der Waals surface area (Å²) in [6, 6.07) is 7.13. The van der Waals surface area contributed by atoms with E-state index in [2.05, 4.69) is 15.6 Å². The number of aliphatic carboxylic acids is 1. The van der Waals surface area contributed by atoms with Crippen LogP contribution in [0.2, 0.25) is 0 Å². The molecule has 1 aliphatic rings. The molecule has 0 aliphatic carbocycles. The van der Waals surface area contributed by atoms with E-state index < -0.39 is 11.2 Å². The van der Waals surface area contributed by atoms with Crippen LogP contribution in [0.15, 0.2) is 29.3 Å². The van der Waals surface area contributed by atoms with E-state index in [1.807, 2.05) is 6.92 Å². The van der Waals surface area contributed by atoms with Gasteiger partial charge in [-0.3, -0.25) is 14.4 Å². The molecule has 2 rings (SSSR count). The Bertz CT molecular complexity index is 675. The molecule has 0 bridgehead atoms. The first-order valence-electron chi connectivity index (χ1n) is 7.75. The number of amides is 2. The summed E-state index contributed by atoms with van der Waals surface area (Å²) in [5.41, 5.74) is 0.665. The zero-order valence-corrected chi connectivity index (χ0v) is 14.5. The molecular formula is C16H19N3O5S. The van der Waals surface area contributed by atoms with Gasteiger partial charge < -0.3 is 20.5 Å². The molecule has 1 heterocycles. The van der Waals surface area contributed by atoms with Crippen molar-refractivity contribution in [2.75, 3.05) is 13.2 Å². The first-order chi connectivity index (χ1) is 12.0. The Morgan fingerprint density at radius 3 is 2.72 bits per heavy atom. The highest BCUT2D eigenvalue weighted by atomic mass is 32.2. The molecule has 1 aliphatic heterocycles. The van der Waals surface area contributed by atoms with E-state index in [-0.39, 0.29) is 31.2 Å². The predicted molar refractivity (Wildman–Crippen MR) is 94.1 cm³/mol. The molecule has 8 nitrogen and oxygen atoms in total. The molecular weight excluding hydrogens is 346 g/mol. The summed E-state index contributed by atoms with van der Waals surface area (Å²) in [4.78, 5) is 38.4. The number of amidine groups is 1. The van der Waals surface area contributed by atoms with Gasteiger partial charge in [0.25, 0.3) is 0 Å². The van der Waals surface area contributed by atoms with Crippen molar-refractivity contribution in [1.29, 1.82) is 0 Å². The zero-order valence-electron chi connectivity index (χ0n) is 13.7. The highest BCUT2D eigenvalue weighted by Crippen LogP contribution is 2.26. The summed E-state index contributed by atoms with van der Waals surface area (Å²) in [7, 11) is 0. The van der Waals surface area contributed by atoms with E-state index in [1.165, 1.54) is 11.8 Å². The average Bonchev–Trinajstić information content (AvgIpc) is 2.88. The second-order valence-corrected chi connectivity index (χ2v) is 6.33. The fraction of sp³-hybridized carbons (Fsp3) is 0.375. The first-order valence-corrected chi connectivity index (χ1v) is 8.63. The molecule has 3 N–H and O–H groups in total. The van der Waals surface area contributed by atoms with E-state index in [0.29, 0.717) is 17.5 Å². The van der Waals surface area contributed by atoms with Crippen LogP contribution >= 0.6 is 11.8 Å². The maximum atomic E-state index is 11.9. The van der Waals surface area contributed by atoms with Crippen LogP contribution in [0, 0.1) is 0 Å². The molecule has 0 spiro atoms.